The summed E-state index contributed by atoms with van der Waals surface area (Å²) in [5.74, 6) is 23.1. The maximum absolute atomic E-state index is 11.4. The Labute approximate surface area is 199 Å². The van der Waals surface area contributed by atoms with E-state index in [0.717, 1.165) is 0 Å². The number of thiocarbonyl (C=S) groups is 2. The number of hydrogen-bond donors (Lipinski definition) is 6. The number of carbonyl (C=O) groups excluding carboxylic acids is 2. The molecule has 0 atom stereocenters. The fourth-order valence-electron chi connectivity index (χ4n) is 1.66. The van der Waals surface area contributed by atoms with E-state index in [2.05, 4.69) is 46.1 Å². The average molecular weight is 512 g/mol. The van der Waals surface area contributed by atoms with E-state index in [1.165, 1.54) is 0 Å². The maximum Gasteiger partial charge on any atom is 2.00 e. The van der Waals surface area contributed by atoms with E-state index in [0.29, 0.717) is 21.4 Å². The van der Waals surface area contributed by atoms with Crippen molar-refractivity contribution in [3.63, 3.8) is 0 Å². The molecule has 1 radical (unpaired) electrons. The van der Waals surface area contributed by atoms with Crippen LogP contribution in [0.5, 0.6) is 0 Å². The van der Waals surface area contributed by atoms with E-state index in [4.69, 9.17) is 23.4 Å². The summed E-state index contributed by atoms with van der Waals surface area (Å²) < 4.78 is 0. The van der Waals surface area contributed by atoms with E-state index in [-0.39, 0.29) is 39.1 Å². The molecule has 0 bridgehead atoms. The number of nitrogens with zero attached hydrogens (tertiary/aromatic N) is 2. The van der Waals surface area contributed by atoms with Crippen LogP contribution >= 0.6 is 24.4 Å². The third-order valence-corrected chi connectivity index (χ3v) is 3.67. The molecule has 0 heterocycles. The van der Waals surface area contributed by atoms with E-state index >= 15 is 0 Å². The van der Waals surface area contributed by atoms with Gasteiger partial charge < -0.3 is 21.9 Å². The van der Waals surface area contributed by atoms with Crippen molar-refractivity contribution in [1.82, 2.24) is 31.9 Å². The minimum atomic E-state index is -0.347. The fourth-order valence-corrected chi connectivity index (χ4v) is 1.77. The van der Waals surface area contributed by atoms with Gasteiger partial charge in [0.05, 0.1) is 0 Å². The van der Waals surface area contributed by atoms with Gasteiger partial charge in [0.15, 0.2) is 10.2 Å². The van der Waals surface area contributed by atoms with Crippen molar-refractivity contribution in [2.75, 3.05) is 0 Å². The van der Waals surface area contributed by atoms with Crippen LogP contribution in [-0.2, 0) is 17.1 Å². The predicted molar refractivity (Wildman–Crippen MR) is 120 cm³/mol. The topological polar surface area (TPSA) is 188 Å². The Kier molecular flexibility index (Phi) is 13.6. The van der Waals surface area contributed by atoms with Crippen LogP contribution < -0.4 is 33.4 Å². The third kappa shape index (κ3) is 11.2. The molecule has 31 heavy (non-hydrogen) atoms. The first kappa shape index (κ1) is 28.1. The van der Waals surface area contributed by atoms with Crippen LogP contribution in [0, 0.1) is 0 Å². The second-order valence-corrected chi connectivity index (χ2v) is 6.01. The van der Waals surface area contributed by atoms with Gasteiger partial charge in [0, 0.05) is 11.1 Å². The van der Waals surface area contributed by atoms with Gasteiger partial charge in [0.1, 0.15) is 0 Å². The summed E-state index contributed by atoms with van der Waals surface area (Å²) in [6, 6.07) is 17.2. The van der Waals surface area contributed by atoms with Gasteiger partial charge in [-0.25, -0.2) is 0 Å². The van der Waals surface area contributed by atoms with Crippen LogP contribution in [0.4, 0.5) is 0 Å². The first-order chi connectivity index (χ1) is 14.2. The van der Waals surface area contributed by atoms with E-state index in [9.17, 15) is 9.59 Å². The molecule has 0 aliphatic rings. The third-order valence-electron chi connectivity index (χ3n) is 3.08. The van der Waals surface area contributed by atoms with Crippen LogP contribution in [0.2, 0.25) is 0 Å². The summed E-state index contributed by atoms with van der Waals surface area (Å²) in [6.07, 6.45) is 0. The Hall–Kier alpha value is -2.88. The number of hydrazine groups is 4. The molecule has 0 saturated carbocycles. The van der Waals surface area contributed by atoms with Crippen LogP contribution in [0.25, 0.3) is 11.7 Å². The summed E-state index contributed by atoms with van der Waals surface area (Å²) >= 11 is 9.27. The van der Waals surface area contributed by atoms with Gasteiger partial charge in [-0.1, -0.05) is 36.4 Å². The zero-order valence-corrected chi connectivity index (χ0v) is 18.3. The van der Waals surface area contributed by atoms with Crippen molar-refractivity contribution in [3.8, 4) is 0 Å². The Morgan fingerprint density at radius 3 is 1.23 bits per heavy atom. The van der Waals surface area contributed by atoms with Gasteiger partial charge in [0.2, 0.25) is 0 Å². The number of benzene rings is 2. The van der Waals surface area contributed by atoms with Crippen LogP contribution in [-0.4, -0.2) is 32.3 Å². The molecule has 2 aromatic carbocycles. The Morgan fingerprint density at radius 1 is 0.677 bits per heavy atom. The fraction of sp³-hybridized carbons (Fsp3) is 0. The summed E-state index contributed by atoms with van der Waals surface area (Å²) in [5, 5.41) is 0.694. The zero-order chi connectivity index (χ0) is 22.5. The molecule has 0 unspecified atom stereocenters. The van der Waals surface area contributed by atoms with Crippen molar-refractivity contribution in [2.24, 2.45) is 11.7 Å². The Bertz CT molecular complexity index is 784. The molecule has 2 aromatic rings. The maximum atomic E-state index is 11.4. The molecule has 0 saturated heterocycles. The predicted octanol–water partition coefficient (Wildman–Crippen LogP) is 0.695. The largest absolute Gasteiger partial charge is 2.00 e. The number of nitrogens with two attached hydrogens (primary N) is 2. The molecule has 2 amide bonds. The van der Waals surface area contributed by atoms with Crippen molar-refractivity contribution in [1.29, 1.82) is 0 Å². The monoisotopic (exact) mass is 511 g/mol. The average Bonchev–Trinajstić information content (AvgIpc) is 2.76. The van der Waals surface area contributed by atoms with Crippen molar-refractivity contribution in [3.05, 3.63) is 83.5 Å². The number of nitrogens with one attached hydrogen (secondary N) is 6. The second-order valence-electron chi connectivity index (χ2n) is 5.24. The quantitative estimate of drug-likeness (QED) is 0.145. The summed E-state index contributed by atoms with van der Waals surface area (Å²) in [7, 11) is 0. The van der Waals surface area contributed by atoms with Gasteiger partial charge in [-0.3, -0.25) is 43.0 Å². The molecule has 0 aliphatic heterocycles. The van der Waals surface area contributed by atoms with Gasteiger partial charge >= 0.3 is 17.1 Å². The minimum Gasteiger partial charge on any atom is -0.565 e. The van der Waals surface area contributed by atoms with Crippen LogP contribution in [0.3, 0.4) is 0 Å². The molecule has 15 heteroatoms. The molecular weight excluding hydrogens is 492 g/mol. The van der Waals surface area contributed by atoms with E-state index in [1.807, 2.05) is 0 Å². The SMILES string of the molecule is [Cu+2].[NH-]N(N)C(=S)NNC(=O)c1ccccc1.[NH-]N(N)C(=S)NNC(=O)c1ccccc1. The molecule has 0 aromatic heterocycles. The Morgan fingerprint density at radius 2 is 0.968 bits per heavy atom. The molecule has 10 N–H and O–H groups in total. The summed E-state index contributed by atoms with van der Waals surface area (Å²) in [6.45, 7) is 0. The van der Waals surface area contributed by atoms with Gasteiger partial charge in [-0.2, -0.15) is 0 Å². The smallest absolute Gasteiger partial charge is 0.565 e. The zero-order valence-electron chi connectivity index (χ0n) is 15.8. The standard InChI is InChI=1S/2C8H10N5OS.Cu/c2*9-13(10)8(15)12-11-7(14)6-4-2-1-3-5-6;/h2*1-5,9H,10H2,(H,11,14)(H,12,15);/q2*-1;+2. The van der Waals surface area contributed by atoms with E-state index < -0.39 is 0 Å². The first-order valence-electron chi connectivity index (χ1n) is 8.05. The molecule has 12 nitrogen and oxygen atoms in total. The number of carbonyl (C=O) groups is 2. The van der Waals surface area contributed by atoms with Gasteiger partial charge in [0.25, 0.3) is 11.8 Å². The van der Waals surface area contributed by atoms with Crippen molar-refractivity contribution >= 4 is 46.5 Å². The van der Waals surface area contributed by atoms with Gasteiger partial charge in [-0.05, 0) is 48.7 Å². The molecule has 169 valence electrons. The molecular formula is C16H20CuN10O2S2. The summed E-state index contributed by atoms with van der Waals surface area (Å²) in [4.78, 5) is 22.8. The van der Waals surface area contributed by atoms with Gasteiger partial charge in [-0.15, -0.1) is 0 Å². The number of hydrogen-bond acceptors (Lipinski definition) is 6. The first-order valence-corrected chi connectivity index (χ1v) is 8.87. The molecule has 0 spiro atoms. The Balaban J connectivity index is 0.000000562. The second kappa shape index (κ2) is 15.0. The molecule has 0 fully saturated rings. The van der Waals surface area contributed by atoms with E-state index in [1.54, 1.807) is 60.7 Å². The normalized spacial score (nSPS) is 8.90. The minimum absolute atomic E-state index is 0. The molecule has 2 rings (SSSR count). The summed E-state index contributed by atoms with van der Waals surface area (Å²) in [5.41, 5.74) is 10.2. The number of rotatable bonds is 2. The van der Waals surface area contributed by atoms with Crippen molar-refractivity contribution in [2.45, 2.75) is 0 Å². The number of amides is 2. The molecule has 0 aliphatic carbocycles. The van der Waals surface area contributed by atoms with Crippen LogP contribution in [0.1, 0.15) is 20.7 Å². The van der Waals surface area contributed by atoms with Crippen molar-refractivity contribution < 1.29 is 26.7 Å². The van der Waals surface area contributed by atoms with Crippen LogP contribution in [0.15, 0.2) is 60.7 Å².